The standard InChI is InChI=1S/C19H28N2O/c22-19(10-4-8-16-6-2-1-3-7-16)21-15-5-9-18(21)17-11-13-20-14-12-17/h11-14,16,18H,1-10,15H2. The summed E-state index contributed by atoms with van der Waals surface area (Å²) in [6.07, 6.45) is 15.9. The Labute approximate surface area is 134 Å². The summed E-state index contributed by atoms with van der Waals surface area (Å²) in [7, 11) is 0. The maximum Gasteiger partial charge on any atom is 0.223 e. The largest absolute Gasteiger partial charge is 0.336 e. The van der Waals surface area contributed by atoms with Gasteiger partial charge >= 0.3 is 0 Å². The highest BCUT2D eigenvalue weighted by Gasteiger charge is 2.29. The van der Waals surface area contributed by atoms with E-state index < -0.39 is 0 Å². The first kappa shape index (κ1) is 15.5. The summed E-state index contributed by atoms with van der Waals surface area (Å²) < 4.78 is 0. The SMILES string of the molecule is O=C(CCCC1CCCCC1)N1CCCC1c1ccncc1. The van der Waals surface area contributed by atoms with Crippen LogP contribution in [0.1, 0.15) is 75.8 Å². The Morgan fingerprint density at radius 2 is 1.86 bits per heavy atom. The van der Waals surface area contributed by atoms with Crippen molar-refractivity contribution in [3.05, 3.63) is 30.1 Å². The Hall–Kier alpha value is -1.38. The van der Waals surface area contributed by atoms with Gasteiger partial charge in [-0.2, -0.15) is 0 Å². The fourth-order valence-corrected chi connectivity index (χ4v) is 4.16. The first-order valence-corrected chi connectivity index (χ1v) is 9.04. The maximum atomic E-state index is 12.6. The van der Waals surface area contributed by atoms with Gasteiger partial charge < -0.3 is 4.90 Å². The molecule has 3 nitrogen and oxygen atoms in total. The van der Waals surface area contributed by atoms with E-state index in [0.29, 0.717) is 5.91 Å². The van der Waals surface area contributed by atoms with Gasteiger partial charge in [0.1, 0.15) is 0 Å². The fraction of sp³-hybridized carbons (Fsp3) is 0.684. The molecule has 22 heavy (non-hydrogen) atoms. The van der Waals surface area contributed by atoms with Crippen molar-refractivity contribution in [2.75, 3.05) is 6.54 Å². The van der Waals surface area contributed by atoms with Crippen LogP contribution >= 0.6 is 0 Å². The van der Waals surface area contributed by atoms with Crippen molar-refractivity contribution in [2.24, 2.45) is 5.92 Å². The van der Waals surface area contributed by atoms with Crippen molar-refractivity contribution in [1.29, 1.82) is 0 Å². The van der Waals surface area contributed by atoms with Crippen LogP contribution < -0.4 is 0 Å². The molecule has 2 heterocycles. The molecule has 1 amide bonds. The summed E-state index contributed by atoms with van der Waals surface area (Å²) in [5.41, 5.74) is 1.24. The van der Waals surface area contributed by atoms with E-state index in [1.54, 1.807) is 0 Å². The molecule has 0 radical (unpaired) electrons. The summed E-state index contributed by atoms with van der Waals surface area (Å²) in [4.78, 5) is 18.8. The van der Waals surface area contributed by atoms with Crippen LogP contribution in [-0.4, -0.2) is 22.3 Å². The minimum absolute atomic E-state index is 0.283. The molecule has 0 aromatic carbocycles. The fourth-order valence-electron chi connectivity index (χ4n) is 4.16. The van der Waals surface area contributed by atoms with Crippen molar-refractivity contribution in [3.8, 4) is 0 Å². The number of amides is 1. The number of nitrogens with zero attached hydrogens (tertiary/aromatic N) is 2. The molecular weight excluding hydrogens is 272 g/mol. The van der Waals surface area contributed by atoms with E-state index >= 15 is 0 Å². The third-order valence-electron chi connectivity index (χ3n) is 5.39. The second-order valence-corrected chi connectivity index (χ2v) is 6.92. The Morgan fingerprint density at radius 1 is 1.09 bits per heavy atom. The van der Waals surface area contributed by atoms with Crippen LogP contribution in [0.5, 0.6) is 0 Å². The minimum atomic E-state index is 0.283. The molecule has 1 aliphatic carbocycles. The molecular formula is C19H28N2O. The van der Waals surface area contributed by atoms with Gasteiger partial charge in [-0.15, -0.1) is 0 Å². The van der Waals surface area contributed by atoms with Crippen LogP contribution in [0.2, 0.25) is 0 Å². The molecule has 2 fully saturated rings. The second-order valence-electron chi connectivity index (χ2n) is 6.92. The number of carbonyl (C=O) groups is 1. The summed E-state index contributed by atoms with van der Waals surface area (Å²) >= 11 is 0. The van der Waals surface area contributed by atoms with Gasteiger partial charge in [0, 0.05) is 25.4 Å². The molecule has 1 atom stereocenters. The Balaban J connectivity index is 1.48. The van der Waals surface area contributed by atoms with Crippen molar-refractivity contribution in [3.63, 3.8) is 0 Å². The zero-order valence-electron chi connectivity index (χ0n) is 13.5. The molecule has 1 aromatic heterocycles. The van der Waals surface area contributed by atoms with E-state index in [-0.39, 0.29) is 6.04 Å². The number of hydrogen-bond acceptors (Lipinski definition) is 2. The zero-order valence-corrected chi connectivity index (χ0v) is 13.5. The summed E-state index contributed by atoms with van der Waals surface area (Å²) in [6, 6.07) is 4.39. The van der Waals surface area contributed by atoms with Crippen LogP contribution in [-0.2, 0) is 4.79 Å². The summed E-state index contributed by atoms with van der Waals surface area (Å²) in [6.45, 7) is 0.926. The molecule has 120 valence electrons. The topological polar surface area (TPSA) is 33.2 Å². The van der Waals surface area contributed by atoms with E-state index in [1.165, 1.54) is 44.1 Å². The number of rotatable bonds is 5. The van der Waals surface area contributed by atoms with Gasteiger partial charge in [-0.1, -0.05) is 32.1 Å². The first-order chi connectivity index (χ1) is 10.8. The van der Waals surface area contributed by atoms with E-state index in [9.17, 15) is 4.79 Å². The lowest BCUT2D eigenvalue weighted by molar-refractivity contribution is -0.132. The van der Waals surface area contributed by atoms with Crippen molar-refractivity contribution in [2.45, 2.75) is 70.3 Å². The summed E-state index contributed by atoms with van der Waals surface area (Å²) in [5.74, 6) is 1.24. The molecule has 2 aliphatic rings. The van der Waals surface area contributed by atoms with Crippen molar-refractivity contribution < 1.29 is 4.79 Å². The van der Waals surface area contributed by atoms with Gasteiger partial charge in [-0.05, 0) is 49.3 Å². The van der Waals surface area contributed by atoms with E-state index in [0.717, 1.165) is 38.1 Å². The molecule has 1 aliphatic heterocycles. The molecule has 0 N–H and O–H groups in total. The number of carbonyl (C=O) groups excluding carboxylic acids is 1. The maximum absolute atomic E-state index is 12.6. The summed E-state index contributed by atoms with van der Waals surface area (Å²) in [5, 5.41) is 0. The highest BCUT2D eigenvalue weighted by Crippen LogP contribution is 2.33. The van der Waals surface area contributed by atoms with Crippen molar-refractivity contribution in [1.82, 2.24) is 9.88 Å². The van der Waals surface area contributed by atoms with Gasteiger partial charge in [-0.25, -0.2) is 0 Å². The van der Waals surface area contributed by atoms with Gasteiger partial charge in [-0.3, -0.25) is 9.78 Å². The molecule has 1 saturated carbocycles. The van der Waals surface area contributed by atoms with Gasteiger partial charge in [0.15, 0.2) is 0 Å². The molecule has 1 unspecified atom stereocenters. The van der Waals surface area contributed by atoms with Gasteiger partial charge in [0.25, 0.3) is 0 Å². The monoisotopic (exact) mass is 300 g/mol. The van der Waals surface area contributed by atoms with Crippen LogP contribution in [0, 0.1) is 5.92 Å². The van der Waals surface area contributed by atoms with Crippen molar-refractivity contribution >= 4 is 5.91 Å². The zero-order chi connectivity index (χ0) is 15.2. The Morgan fingerprint density at radius 3 is 2.64 bits per heavy atom. The van der Waals surface area contributed by atoms with Gasteiger partial charge in [0.2, 0.25) is 5.91 Å². The predicted molar refractivity (Wildman–Crippen MR) is 88.4 cm³/mol. The predicted octanol–water partition coefficient (Wildman–Crippen LogP) is 4.50. The highest BCUT2D eigenvalue weighted by molar-refractivity contribution is 5.77. The molecule has 3 rings (SSSR count). The third-order valence-corrected chi connectivity index (χ3v) is 5.39. The molecule has 1 saturated heterocycles. The molecule has 0 bridgehead atoms. The average molecular weight is 300 g/mol. The second kappa shape index (κ2) is 7.75. The molecule has 0 spiro atoms. The highest BCUT2D eigenvalue weighted by atomic mass is 16.2. The minimum Gasteiger partial charge on any atom is -0.336 e. The molecule has 1 aromatic rings. The quantitative estimate of drug-likeness (QED) is 0.802. The number of likely N-dealkylation sites (tertiary alicyclic amines) is 1. The Kier molecular flexibility index (Phi) is 5.47. The Bertz CT molecular complexity index is 468. The van der Waals surface area contributed by atoms with E-state index in [1.807, 2.05) is 12.4 Å². The lowest BCUT2D eigenvalue weighted by Crippen LogP contribution is -2.30. The first-order valence-electron chi connectivity index (χ1n) is 9.04. The van der Waals surface area contributed by atoms with Gasteiger partial charge in [0.05, 0.1) is 6.04 Å². The number of pyridine rings is 1. The number of hydrogen-bond donors (Lipinski definition) is 0. The average Bonchev–Trinajstić information content (AvgIpc) is 3.06. The normalized spacial score (nSPS) is 22.9. The molecule has 3 heteroatoms. The van der Waals surface area contributed by atoms with Crippen LogP contribution in [0.15, 0.2) is 24.5 Å². The van der Waals surface area contributed by atoms with Crippen LogP contribution in [0.3, 0.4) is 0 Å². The van der Waals surface area contributed by atoms with Crippen LogP contribution in [0.25, 0.3) is 0 Å². The van der Waals surface area contributed by atoms with Crippen LogP contribution in [0.4, 0.5) is 0 Å². The number of aromatic nitrogens is 1. The smallest absolute Gasteiger partial charge is 0.223 e. The van der Waals surface area contributed by atoms with E-state index in [4.69, 9.17) is 0 Å². The lowest BCUT2D eigenvalue weighted by Gasteiger charge is -2.26. The third kappa shape index (κ3) is 3.88. The lowest BCUT2D eigenvalue weighted by atomic mass is 9.86. The van der Waals surface area contributed by atoms with E-state index in [2.05, 4.69) is 22.0 Å².